The third kappa shape index (κ3) is 2.50. The van der Waals surface area contributed by atoms with Crippen molar-refractivity contribution < 1.29 is 0 Å². The first-order chi connectivity index (χ1) is 14.7. The molecule has 0 aromatic heterocycles. The average Bonchev–Trinajstić information content (AvgIpc) is 3.12. The molecule has 0 amide bonds. The van der Waals surface area contributed by atoms with Crippen LogP contribution in [-0.2, 0) is 5.41 Å². The lowest BCUT2D eigenvalue weighted by atomic mass is 9.66. The summed E-state index contributed by atoms with van der Waals surface area (Å²) in [6, 6.07) is 33.4. The van der Waals surface area contributed by atoms with E-state index in [0.717, 1.165) is 11.4 Å². The van der Waals surface area contributed by atoms with Crippen molar-refractivity contribution in [3.63, 3.8) is 0 Å². The summed E-state index contributed by atoms with van der Waals surface area (Å²) in [7, 11) is 3.93. The van der Waals surface area contributed by atoms with Crippen molar-refractivity contribution in [3.8, 4) is 11.1 Å². The van der Waals surface area contributed by atoms with Gasteiger partial charge < -0.3 is 10.6 Å². The van der Waals surface area contributed by atoms with Gasteiger partial charge in [-0.25, -0.2) is 0 Å². The minimum absolute atomic E-state index is 0.337. The molecule has 4 aromatic rings. The highest BCUT2D eigenvalue weighted by Crippen LogP contribution is 2.57. The molecule has 0 heterocycles. The topological polar surface area (TPSA) is 24.1 Å². The van der Waals surface area contributed by atoms with Gasteiger partial charge in [0.25, 0.3) is 0 Å². The number of hydrogen-bond donors (Lipinski definition) is 2. The number of fused-ring (bicyclic) bond motifs is 3. The van der Waals surface area contributed by atoms with Gasteiger partial charge in [-0.1, -0.05) is 66.7 Å². The average molecular weight is 391 g/mol. The highest BCUT2D eigenvalue weighted by molar-refractivity contribution is 5.87. The Labute approximate surface area is 178 Å². The van der Waals surface area contributed by atoms with E-state index in [1.54, 1.807) is 0 Å². The Morgan fingerprint density at radius 3 is 1.67 bits per heavy atom. The van der Waals surface area contributed by atoms with E-state index in [0.29, 0.717) is 0 Å². The van der Waals surface area contributed by atoms with Crippen molar-refractivity contribution in [1.29, 1.82) is 0 Å². The van der Waals surface area contributed by atoms with E-state index in [2.05, 4.69) is 109 Å². The molecule has 2 N–H and O–H groups in total. The fourth-order valence-electron chi connectivity index (χ4n) is 5.11. The molecule has 0 radical (unpaired) electrons. The molecule has 148 valence electrons. The smallest absolute Gasteiger partial charge is 0.0716 e. The summed E-state index contributed by atoms with van der Waals surface area (Å²) in [5, 5.41) is 6.51. The Kier molecular flexibility index (Phi) is 4.36. The van der Waals surface area contributed by atoms with Gasteiger partial charge in [-0.3, -0.25) is 0 Å². The van der Waals surface area contributed by atoms with Crippen molar-refractivity contribution in [2.45, 2.75) is 12.3 Å². The van der Waals surface area contributed by atoms with Crippen molar-refractivity contribution in [1.82, 2.24) is 0 Å². The van der Waals surface area contributed by atoms with Crippen LogP contribution in [0.1, 0.15) is 27.8 Å². The summed E-state index contributed by atoms with van der Waals surface area (Å²) < 4.78 is 0. The maximum atomic E-state index is 3.25. The van der Waals surface area contributed by atoms with Gasteiger partial charge >= 0.3 is 0 Å². The maximum Gasteiger partial charge on any atom is 0.0716 e. The summed E-state index contributed by atoms with van der Waals surface area (Å²) in [5.74, 6) is 0. The lowest BCUT2D eigenvalue weighted by molar-refractivity contribution is 0.762. The second-order valence-corrected chi connectivity index (χ2v) is 7.95. The van der Waals surface area contributed by atoms with Crippen molar-refractivity contribution in [2.24, 2.45) is 0 Å². The summed E-state index contributed by atoms with van der Waals surface area (Å²) >= 11 is 0. The molecule has 0 saturated heterocycles. The van der Waals surface area contributed by atoms with Crippen molar-refractivity contribution in [3.05, 3.63) is 119 Å². The third-order valence-corrected chi connectivity index (χ3v) is 6.48. The highest BCUT2D eigenvalue weighted by Gasteiger charge is 2.46. The number of hydrogen-bond acceptors (Lipinski definition) is 2. The summed E-state index contributed by atoms with van der Waals surface area (Å²) in [6.07, 6.45) is 0. The molecule has 2 nitrogen and oxygen atoms in total. The van der Waals surface area contributed by atoms with Gasteiger partial charge in [0, 0.05) is 25.5 Å². The molecule has 0 unspecified atom stereocenters. The van der Waals surface area contributed by atoms with Crippen molar-refractivity contribution in [2.75, 3.05) is 24.7 Å². The van der Waals surface area contributed by atoms with Crippen LogP contribution in [0.25, 0.3) is 11.1 Å². The van der Waals surface area contributed by atoms with Gasteiger partial charge in [-0.15, -0.1) is 0 Å². The molecule has 4 aromatic carbocycles. The molecular weight excluding hydrogens is 364 g/mol. The zero-order valence-corrected chi connectivity index (χ0v) is 17.7. The molecule has 0 bridgehead atoms. The van der Waals surface area contributed by atoms with Gasteiger partial charge in [0.15, 0.2) is 0 Å². The van der Waals surface area contributed by atoms with Crippen LogP contribution in [0.4, 0.5) is 11.4 Å². The first kappa shape index (κ1) is 18.5. The Balaban J connectivity index is 1.91. The third-order valence-electron chi connectivity index (χ3n) is 6.48. The van der Waals surface area contributed by atoms with E-state index >= 15 is 0 Å². The van der Waals surface area contributed by atoms with E-state index in [4.69, 9.17) is 0 Å². The maximum absolute atomic E-state index is 3.25. The number of nitrogens with one attached hydrogen (secondary N) is 2. The molecule has 0 fully saturated rings. The molecule has 0 spiro atoms. The van der Waals surface area contributed by atoms with Crippen LogP contribution in [0.5, 0.6) is 0 Å². The predicted molar refractivity (Wildman–Crippen MR) is 128 cm³/mol. The number of rotatable bonds is 4. The monoisotopic (exact) mass is 390 g/mol. The normalized spacial score (nSPS) is 13.4. The zero-order chi connectivity index (χ0) is 20.7. The molecular formula is C28H26N2. The second-order valence-electron chi connectivity index (χ2n) is 7.95. The Morgan fingerprint density at radius 2 is 1.10 bits per heavy atom. The Hall–Kier alpha value is -3.52. The van der Waals surface area contributed by atoms with Gasteiger partial charge in [0.05, 0.1) is 5.41 Å². The van der Waals surface area contributed by atoms with Crippen molar-refractivity contribution >= 4 is 11.4 Å². The minimum Gasteiger partial charge on any atom is -0.388 e. The number of benzene rings is 4. The van der Waals surface area contributed by atoms with Gasteiger partial charge in [0.2, 0.25) is 0 Å². The fourth-order valence-corrected chi connectivity index (χ4v) is 5.11. The lowest BCUT2D eigenvalue weighted by Crippen LogP contribution is -2.29. The molecule has 30 heavy (non-hydrogen) atoms. The molecule has 1 aliphatic carbocycles. The molecule has 5 rings (SSSR count). The van der Waals surface area contributed by atoms with Crippen LogP contribution in [0.15, 0.2) is 91.0 Å². The van der Waals surface area contributed by atoms with E-state index in [1.165, 1.54) is 38.9 Å². The van der Waals surface area contributed by atoms with Crippen LogP contribution >= 0.6 is 0 Å². The summed E-state index contributed by atoms with van der Waals surface area (Å²) in [6.45, 7) is 2.24. The number of aryl methyl sites for hydroxylation is 1. The van der Waals surface area contributed by atoms with Crippen LogP contribution in [0.2, 0.25) is 0 Å². The van der Waals surface area contributed by atoms with Crippen LogP contribution in [-0.4, -0.2) is 14.1 Å². The SMILES string of the molecule is CNc1ccc(C2(c3ccc(NC)cc3)c3ccccc3-c3cccc(C)c32)cc1. The Bertz CT molecular complexity index is 1160. The van der Waals surface area contributed by atoms with Crippen LogP contribution in [0, 0.1) is 6.92 Å². The van der Waals surface area contributed by atoms with E-state index in [9.17, 15) is 0 Å². The zero-order valence-electron chi connectivity index (χ0n) is 17.7. The predicted octanol–water partition coefficient (Wildman–Crippen LogP) is 6.44. The molecule has 0 saturated carbocycles. The highest BCUT2D eigenvalue weighted by atomic mass is 14.8. The van der Waals surface area contributed by atoms with Crippen LogP contribution < -0.4 is 10.6 Å². The minimum atomic E-state index is -0.337. The molecule has 1 aliphatic rings. The Morgan fingerprint density at radius 1 is 0.567 bits per heavy atom. The van der Waals surface area contributed by atoms with E-state index in [-0.39, 0.29) is 5.41 Å². The summed E-state index contributed by atoms with van der Waals surface area (Å²) in [4.78, 5) is 0. The largest absolute Gasteiger partial charge is 0.388 e. The van der Waals surface area contributed by atoms with Gasteiger partial charge in [-0.05, 0) is 70.1 Å². The first-order valence-corrected chi connectivity index (χ1v) is 10.5. The van der Waals surface area contributed by atoms with E-state index < -0.39 is 0 Å². The van der Waals surface area contributed by atoms with Gasteiger partial charge in [0.1, 0.15) is 0 Å². The summed E-state index contributed by atoms with van der Waals surface area (Å²) in [5.41, 5.74) is 11.2. The number of anilines is 2. The van der Waals surface area contributed by atoms with Crippen LogP contribution in [0.3, 0.4) is 0 Å². The fraction of sp³-hybridized carbons (Fsp3) is 0.143. The lowest BCUT2D eigenvalue weighted by Gasteiger charge is -2.35. The molecule has 2 heteroatoms. The first-order valence-electron chi connectivity index (χ1n) is 10.5. The standard InChI is InChI=1S/C28H26N2/c1-19-7-6-9-25-24-8-4-5-10-26(24)28(27(19)25,20-11-15-22(29-2)16-12-20)21-13-17-23(30-3)18-14-21/h4-18,29-30H,1-3H3. The van der Waals surface area contributed by atoms with Gasteiger partial charge in [-0.2, -0.15) is 0 Å². The van der Waals surface area contributed by atoms with E-state index in [1.807, 2.05) is 14.1 Å². The quantitative estimate of drug-likeness (QED) is 0.369. The molecule has 0 atom stereocenters. The second kappa shape index (κ2) is 7.07. The molecule has 0 aliphatic heterocycles.